The predicted octanol–water partition coefficient (Wildman–Crippen LogP) is 10.4. The molecular formula is C36H55F3O4. The van der Waals surface area contributed by atoms with Crippen molar-refractivity contribution in [1.29, 1.82) is 0 Å². The molecule has 7 heteroatoms. The van der Waals surface area contributed by atoms with Crippen molar-refractivity contribution in [3.05, 3.63) is 35.1 Å². The van der Waals surface area contributed by atoms with Gasteiger partial charge in [0, 0.05) is 0 Å². The van der Waals surface area contributed by atoms with Gasteiger partial charge in [0.15, 0.2) is 12.3 Å². The van der Waals surface area contributed by atoms with Crippen LogP contribution in [0.3, 0.4) is 0 Å². The van der Waals surface area contributed by atoms with Gasteiger partial charge in [-0.15, -0.1) is 0 Å². The second kappa shape index (κ2) is 19.4. The molecule has 4 nitrogen and oxygen atoms in total. The number of carbonyl (C=O) groups is 2. The first-order valence-electron chi connectivity index (χ1n) is 17.3. The van der Waals surface area contributed by atoms with Gasteiger partial charge in [-0.05, 0) is 106 Å². The van der Waals surface area contributed by atoms with Crippen LogP contribution in [-0.4, -0.2) is 36.5 Å². The monoisotopic (exact) mass is 608 g/mol. The summed E-state index contributed by atoms with van der Waals surface area (Å²) < 4.78 is 54.7. The van der Waals surface area contributed by atoms with Crippen molar-refractivity contribution in [1.82, 2.24) is 0 Å². The van der Waals surface area contributed by atoms with Gasteiger partial charge in [-0.25, -0.2) is 22.8 Å². The van der Waals surface area contributed by atoms with Gasteiger partial charge in [0.2, 0.25) is 0 Å². The topological polar surface area (TPSA) is 52.6 Å². The summed E-state index contributed by atoms with van der Waals surface area (Å²) in [6, 6.07) is 5.53. The van der Waals surface area contributed by atoms with Crippen molar-refractivity contribution < 1.29 is 32.2 Å². The number of ether oxygens (including phenoxy) is 2. The quantitative estimate of drug-likeness (QED) is 0.123. The predicted molar refractivity (Wildman–Crippen MR) is 165 cm³/mol. The molecule has 0 aliphatic heterocycles. The van der Waals surface area contributed by atoms with E-state index in [-0.39, 0.29) is 42.7 Å². The Hall–Kier alpha value is -2.05. The molecule has 2 aliphatic carbocycles. The molecular weight excluding hydrogens is 553 g/mol. The van der Waals surface area contributed by atoms with Crippen LogP contribution in [0.25, 0.3) is 0 Å². The minimum Gasteiger partial charge on any atom is -0.460 e. The van der Waals surface area contributed by atoms with Gasteiger partial charge >= 0.3 is 11.9 Å². The van der Waals surface area contributed by atoms with Crippen molar-refractivity contribution in [2.45, 2.75) is 179 Å². The van der Waals surface area contributed by atoms with E-state index in [1.807, 2.05) is 12.1 Å². The average molecular weight is 609 g/mol. The lowest BCUT2D eigenvalue weighted by Gasteiger charge is -2.31. The van der Waals surface area contributed by atoms with Gasteiger partial charge in [-0.3, -0.25) is 0 Å². The number of alkyl halides is 2. The molecule has 43 heavy (non-hydrogen) atoms. The van der Waals surface area contributed by atoms with Crippen molar-refractivity contribution in [3.63, 3.8) is 0 Å². The Bertz CT molecular complexity index is 954. The maximum Gasteiger partial charge on any atom is 0.340 e. The van der Waals surface area contributed by atoms with Crippen molar-refractivity contribution in [2.75, 3.05) is 0 Å². The molecule has 0 aromatic heterocycles. The summed E-state index contributed by atoms with van der Waals surface area (Å²) in [7, 11) is 0. The van der Waals surface area contributed by atoms with E-state index >= 15 is 4.39 Å². The highest BCUT2D eigenvalue weighted by Gasteiger charge is 2.31. The van der Waals surface area contributed by atoms with Crippen LogP contribution in [0.4, 0.5) is 13.2 Å². The summed E-state index contributed by atoms with van der Waals surface area (Å²) in [5.74, 6) is -1.45. The molecule has 0 amide bonds. The van der Waals surface area contributed by atoms with Crippen LogP contribution in [0.2, 0.25) is 0 Å². The third-order valence-electron chi connectivity index (χ3n) is 9.48. The molecule has 2 fully saturated rings. The number of hydrogen-bond acceptors (Lipinski definition) is 4. The molecule has 2 atom stereocenters. The molecule has 0 bridgehead atoms. The molecule has 2 unspecified atom stereocenters. The van der Waals surface area contributed by atoms with E-state index in [9.17, 15) is 18.4 Å². The Kier molecular flexibility index (Phi) is 16.0. The van der Waals surface area contributed by atoms with E-state index in [0.717, 1.165) is 69.8 Å². The van der Waals surface area contributed by atoms with Crippen LogP contribution < -0.4 is 0 Å². The molecule has 1 aromatic rings. The molecule has 244 valence electrons. The lowest BCUT2D eigenvalue weighted by molar-refractivity contribution is -0.157. The summed E-state index contributed by atoms with van der Waals surface area (Å²) in [5.41, 5.74) is 1.64. The molecule has 0 radical (unpaired) electrons. The van der Waals surface area contributed by atoms with E-state index in [2.05, 4.69) is 13.8 Å². The largest absolute Gasteiger partial charge is 0.460 e. The standard InChI is InChI=1S/C36H55F3O4/c1-3-5-7-9-11-13-32(37)35(40)42-29-20-15-26(16-21-29)28-19-24-31(34(39)25-28)27-17-22-30(23-18-27)43-36(41)33(38)14-12-10-8-6-4-2/h19,24-27,29-30,32-33H,3-18,20-23H2,1-2H3. The molecule has 1 aromatic carbocycles. The second-order valence-electron chi connectivity index (χ2n) is 12.9. The van der Waals surface area contributed by atoms with Crippen molar-refractivity contribution in [3.8, 4) is 0 Å². The first kappa shape index (κ1) is 35.4. The highest BCUT2D eigenvalue weighted by molar-refractivity contribution is 5.75. The molecule has 0 saturated heterocycles. The van der Waals surface area contributed by atoms with Crippen molar-refractivity contribution in [2.24, 2.45) is 0 Å². The normalized spacial score (nSPS) is 23.8. The van der Waals surface area contributed by atoms with E-state index < -0.39 is 24.3 Å². The van der Waals surface area contributed by atoms with Crippen LogP contribution in [0, 0.1) is 5.82 Å². The number of halogens is 3. The number of hydrogen-bond donors (Lipinski definition) is 0. The Balaban J connectivity index is 1.37. The lowest BCUT2D eigenvalue weighted by atomic mass is 9.79. The zero-order valence-corrected chi connectivity index (χ0v) is 26.6. The first-order chi connectivity index (χ1) is 20.8. The maximum absolute atomic E-state index is 15.3. The smallest absolute Gasteiger partial charge is 0.340 e. The van der Waals surface area contributed by atoms with E-state index in [0.29, 0.717) is 56.9 Å². The lowest BCUT2D eigenvalue weighted by Crippen LogP contribution is -2.29. The second-order valence-corrected chi connectivity index (χ2v) is 12.9. The number of unbranched alkanes of at least 4 members (excludes halogenated alkanes) is 8. The Morgan fingerprint density at radius 1 is 0.674 bits per heavy atom. The molecule has 2 aliphatic rings. The van der Waals surface area contributed by atoms with Crippen LogP contribution in [0.1, 0.15) is 165 Å². The average Bonchev–Trinajstić information content (AvgIpc) is 3.01. The van der Waals surface area contributed by atoms with Gasteiger partial charge in [-0.1, -0.05) is 77.3 Å². The molecule has 2 saturated carbocycles. The third kappa shape index (κ3) is 12.1. The highest BCUT2D eigenvalue weighted by atomic mass is 19.1. The number of benzene rings is 1. The summed E-state index contributed by atoms with van der Waals surface area (Å²) in [5, 5.41) is 0. The number of rotatable bonds is 18. The minimum atomic E-state index is -1.56. The number of carbonyl (C=O) groups excluding carboxylic acids is 2. The fourth-order valence-corrected chi connectivity index (χ4v) is 6.70. The minimum absolute atomic E-state index is 0.0548. The Morgan fingerprint density at radius 3 is 1.56 bits per heavy atom. The fourth-order valence-electron chi connectivity index (χ4n) is 6.70. The number of esters is 2. The molecule has 0 heterocycles. The van der Waals surface area contributed by atoms with Gasteiger partial charge in [0.1, 0.15) is 18.0 Å². The summed E-state index contributed by atoms with van der Waals surface area (Å²) in [4.78, 5) is 24.4. The van der Waals surface area contributed by atoms with Crippen LogP contribution in [0.5, 0.6) is 0 Å². The zero-order valence-electron chi connectivity index (χ0n) is 26.6. The van der Waals surface area contributed by atoms with Crippen LogP contribution in [0.15, 0.2) is 18.2 Å². The fraction of sp³-hybridized carbons (Fsp3) is 0.778. The van der Waals surface area contributed by atoms with Gasteiger partial charge in [-0.2, -0.15) is 0 Å². The van der Waals surface area contributed by atoms with E-state index in [1.54, 1.807) is 6.07 Å². The third-order valence-corrected chi connectivity index (χ3v) is 9.48. The highest BCUT2D eigenvalue weighted by Crippen LogP contribution is 2.39. The van der Waals surface area contributed by atoms with Crippen LogP contribution >= 0.6 is 0 Å². The maximum atomic E-state index is 15.3. The molecule has 0 N–H and O–H groups in total. The zero-order chi connectivity index (χ0) is 31.0. The van der Waals surface area contributed by atoms with E-state index in [1.165, 1.54) is 0 Å². The summed E-state index contributed by atoms with van der Waals surface area (Å²) in [6.45, 7) is 4.26. The Labute approximate surface area is 257 Å². The molecule has 0 spiro atoms. The molecule has 3 rings (SSSR count). The summed E-state index contributed by atoms with van der Waals surface area (Å²) in [6.07, 6.45) is 12.2. The van der Waals surface area contributed by atoms with Gasteiger partial charge < -0.3 is 9.47 Å². The SMILES string of the molecule is CCCCCCCC(F)C(=O)OC1CCC(c2ccc(C3CCC(OC(=O)C(F)CCCCCCC)CC3)c(F)c2)CC1. The van der Waals surface area contributed by atoms with Crippen molar-refractivity contribution >= 4 is 11.9 Å². The van der Waals surface area contributed by atoms with Gasteiger partial charge in [0.25, 0.3) is 0 Å². The van der Waals surface area contributed by atoms with Gasteiger partial charge in [0.05, 0.1) is 0 Å². The van der Waals surface area contributed by atoms with Crippen LogP contribution in [-0.2, 0) is 19.1 Å². The summed E-state index contributed by atoms with van der Waals surface area (Å²) >= 11 is 0. The Morgan fingerprint density at radius 2 is 1.12 bits per heavy atom. The van der Waals surface area contributed by atoms with E-state index in [4.69, 9.17) is 9.47 Å². The first-order valence-corrected chi connectivity index (χ1v) is 17.3.